The predicted octanol–water partition coefficient (Wildman–Crippen LogP) is -0.768. The molecule has 0 saturated heterocycles. The number of nitrogens with two attached hydrogens (primary N) is 1. The Bertz CT molecular complexity index is 520. The van der Waals surface area contributed by atoms with Crippen LogP contribution in [0.15, 0.2) is 0 Å². The third-order valence-electron chi connectivity index (χ3n) is 2.99. The summed E-state index contributed by atoms with van der Waals surface area (Å²) < 4.78 is 4.68. The fourth-order valence-corrected chi connectivity index (χ4v) is 1.71. The van der Waals surface area contributed by atoms with E-state index in [1.807, 2.05) is 0 Å². The molecule has 27 heavy (non-hydrogen) atoms. The van der Waals surface area contributed by atoms with Crippen LogP contribution in [0.3, 0.4) is 0 Å². The van der Waals surface area contributed by atoms with Crippen LogP contribution in [0, 0.1) is 0 Å². The zero-order valence-corrected chi connectivity index (χ0v) is 16.0. The van der Waals surface area contributed by atoms with E-state index in [4.69, 9.17) is 20.7 Å². The second-order valence-electron chi connectivity index (χ2n) is 5.70. The van der Waals surface area contributed by atoms with Crippen LogP contribution in [0.5, 0.6) is 0 Å². The van der Waals surface area contributed by atoms with Gasteiger partial charge in [0.1, 0.15) is 12.1 Å². The number of ether oxygens (including phenoxy) is 1. The van der Waals surface area contributed by atoms with Crippen molar-refractivity contribution in [3.63, 3.8) is 0 Å². The number of unbranched alkanes of at least 4 members (excludes halogenated alkanes) is 1. The highest BCUT2D eigenvalue weighted by atomic mass is 16.6. The quantitative estimate of drug-likeness (QED) is 0.235. The van der Waals surface area contributed by atoms with Crippen LogP contribution >= 0.6 is 0 Å². The number of carboxylic acids is 2. The van der Waals surface area contributed by atoms with Gasteiger partial charge in [0.05, 0.1) is 0 Å². The molecule has 0 heterocycles. The molecule has 0 aromatic rings. The number of carboxylic acid groups (broad SMARTS) is 2. The fourth-order valence-electron chi connectivity index (χ4n) is 1.71. The molecule has 0 radical (unpaired) electrons. The van der Waals surface area contributed by atoms with E-state index in [0.29, 0.717) is 25.8 Å². The lowest BCUT2D eigenvalue weighted by Gasteiger charge is -2.20. The molecular formula is C16H29N3O8. The molecule has 0 unspecified atom stereocenters. The fraction of sp³-hybridized carbons (Fsp3) is 0.688. The molecule has 0 bridgehead atoms. The molecule has 11 heteroatoms. The molecular weight excluding hydrogens is 362 g/mol. The van der Waals surface area contributed by atoms with Crippen LogP contribution in [0.25, 0.3) is 0 Å². The van der Waals surface area contributed by atoms with Gasteiger partial charge in [-0.05, 0) is 39.7 Å². The van der Waals surface area contributed by atoms with E-state index >= 15 is 0 Å². The Kier molecular flexibility index (Phi) is 14.2. The molecule has 0 aliphatic heterocycles. The number of hydrogen-bond acceptors (Lipinski definition) is 7. The van der Waals surface area contributed by atoms with Crippen molar-refractivity contribution in [2.75, 3.05) is 6.54 Å². The lowest BCUT2D eigenvalue weighted by atomic mass is 10.1. The van der Waals surface area contributed by atoms with Gasteiger partial charge in [0.25, 0.3) is 5.97 Å². The topological polar surface area (TPSA) is 185 Å². The molecule has 0 aromatic heterocycles. The maximum atomic E-state index is 12.1. The van der Waals surface area contributed by atoms with Crippen molar-refractivity contribution in [2.45, 2.75) is 65.1 Å². The van der Waals surface area contributed by atoms with Crippen LogP contribution in [0.4, 0.5) is 0 Å². The Hall–Kier alpha value is -2.69. The van der Waals surface area contributed by atoms with Gasteiger partial charge in [-0.3, -0.25) is 14.4 Å². The number of carbonyl (C=O) groups is 5. The second kappa shape index (κ2) is 14.5. The Labute approximate surface area is 157 Å². The average Bonchev–Trinajstić information content (AvgIpc) is 2.52. The lowest BCUT2D eigenvalue weighted by Crippen LogP contribution is -2.51. The lowest BCUT2D eigenvalue weighted by molar-refractivity contribution is -0.164. The molecule has 0 aliphatic rings. The Morgan fingerprint density at radius 3 is 1.93 bits per heavy atom. The zero-order chi connectivity index (χ0) is 21.6. The smallest absolute Gasteiger partial charge is 0.344 e. The second-order valence-corrected chi connectivity index (χ2v) is 5.70. The number of esters is 1. The molecule has 0 spiro atoms. The third-order valence-corrected chi connectivity index (χ3v) is 2.99. The molecule has 0 aromatic carbocycles. The summed E-state index contributed by atoms with van der Waals surface area (Å²) in [5.41, 5.74) is 5.39. The highest BCUT2D eigenvalue weighted by Crippen LogP contribution is 2.03. The summed E-state index contributed by atoms with van der Waals surface area (Å²) in [5, 5.41) is 21.0. The van der Waals surface area contributed by atoms with Gasteiger partial charge in [-0.1, -0.05) is 0 Å². The minimum Gasteiger partial charge on any atom is -0.481 e. The first-order chi connectivity index (χ1) is 12.4. The van der Waals surface area contributed by atoms with E-state index in [1.165, 1.54) is 20.8 Å². The Morgan fingerprint density at radius 1 is 1.00 bits per heavy atom. The van der Waals surface area contributed by atoms with Gasteiger partial charge in [0.2, 0.25) is 11.8 Å². The van der Waals surface area contributed by atoms with Crippen LogP contribution in [-0.4, -0.2) is 64.7 Å². The predicted molar refractivity (Wildman–Crippen MR) is 94.6 cm³/mol. The monoisotopic (exact) mass is 391 g/mol. The summed E-state index contributed by atoms with van der Waals surface area (Å²) in [6, 6.07) is -1.82. The van der Waals surface area contributed by atoms with E-state index in [2.05, 4.69) is 15.4 Å². The number of hydrogen-bond donors (Lipinski definition) is 5. The molecule has 0 fully saturated rings. The van der Waals surface area contributed by atoms with E-state index in [-0.39, 0.29) is 5.91 Å². The first-order valence-electron chi connectivity index (χ1n) is 8.32. The van der Waals surface area contributed by atoms with E-state index in [0.717, 1.165) is 6.92 Å². The molecule has 0 aliphatic carbocycles. The van der Waals surface area contributed by atoms with Gasteiger partial charge < -0.3 is 31.3 Å². The van der Waals surface area contributed by atoms with Crippen LogP contribution in [0.2, 0.25) is 0 Å². The van der Waals surface area contributed by atoms with Gasteiger partial charge in [-0.2, -0.15) is 0 Å². The van der Waals surface area contributed by atoms with Crippen LogP contribution in [0.1, 0.15) is 47.0 Å². The average molecular weight is 391 g/mol. The minimum atomic E-state index is -1.31. The first-order valence-corrected chi connectivity index (χ1v) is 8.32. The largest absolute Gasteiger partial charge is 0.481 e. The molecule has 0 saturated carbocycles. The molecule has 0 rings (SSSR count). The van der Waals surface area contributed by atoms with Crippen molar-refractivity contribution in [3.05, 3.63) is 0 Å². The number of aliphatic carboxylic acids is 2. The summed E-state index contributed by atoms with van der Waals surface area (Å²) in [4.78, 5) is 54.6. The van der Waals surface area contributed by atoms with Crippen LogP contribution < -0.4 is 16.4 Å². The minimum absolute atomic E-state index is 0.368. The van der Waals surface area contributed by atoms with Gasteiger partial charge in [-0.25, -0.2) is 9.59 Å². The summed E-state index contributed by atoms with van der Waals surface area (Å²) in [6.07, 6.45) is 0.425. The maximum Gasteiger partial charge on any atom is 0.344 e. The van der Waals surface area contributed by atoms with E-state index < -0.39 is 42.0 Å². The van der Waals surface area contributed by atoms with Crippen molar-refractivity contribution in [1.29, 1.82) is 0 Å². The standard InChI is InChI=1S/C14H25N3O6.C2H4O2/c1-8(14(22)23-9(2)13(20)21)16-12(19)11(17-10(3)18)6-4-5-7-15;1-2(3)4/h8-9,11H,4-7,15H2,1-3H3,(H,16,19)(H,17,18)(H,20,21);1H3,(H,3,4)/t8-,9-,11+;/m1./s1. The van der Waals surface area contributed by atoms with E-state index in [1.54, 1.807) is 0 Å². The molecule has 11 nitrogen and oxygen atoms in total. The third kappa shape index (κ3) is 15.3. The first kappa shape index (κ1) is 26.5. The molecule has 6 N–H and O–H groups in total. The summed E-state index contributed by atoms with van der Waals surface area (Å²) in [5.74, 6) is -3.89. The zero-order valence-electron chi connectivity index (χ0n) is 16.0. The van der Waals surface area contributed by atoms with Gasteiger partial charge in [0, 0.05) is 13.8 Å². The number of nitrogens with one attached hydrogen (secondary N) is 2. The highest BCUT2D eigenvalue weighted by Gasteiger charge is 2.26. The normalized spacial score (nSPS) is 13.1. The summed E-state index contributed by atoms with van der Waals surface area (Å²) in [7, 11) is 0. The van der Waals surface area contributed by atoms with Crippen molar-refractivity contribution in [3.8, 4) is 0 Å². The number of amides is 2. The molecule has 3 atom stereocenters. The van der Waals surface area contributed by atoms with Gasteiger partial charge >= 0.3 is 11.9 Å². The van der Waals surface area contributed by atoms with Crippen molar-refractivity contribution < 1.29 is 38.9 Å². The van der Waals surface area contributed by atoms with Crippen molar-refractivity contribution >= 4 is 29.7 Å². The molecule has 156 valence electrons. The highest BCUT2D eigenvalue weighted by molar-refractivity contribution is 5.90. The van der Waals surface area contributed by atoms with E-state index in [9.17, 15) is 19.2 Å². The number of rotatable bonds is 10. The summed E-state index contributed by atoms with van der Waals surface area (Å²) in [6.45, 7) is 5.43. The summed E-state index contributed by atoms with van der Waals surface area (Å²) >= 11 is 0. The van der Waals surface area contributed by atoms with Gasteiger partial charge in [-0.15, -0.1) is 0 Å². The van der Waals surface area contributed by atoms with Crippen molar-refractivity contribution in [2.24, 2.45) is 5.73 Å². The van der Waals surface area contributed by atoms with Crippen molar-refractivity contribution in [1.82, 2.24) is 10.6 Å². The Morgan fingerprint density at radius 2 is 1.52 bits per heavy atom. The Balaban J connectivity index is 0. The van der Waals surface area contributed by atoms with Gasteiger partial charge in [0.15, 0.2) is 6.10 Å². The maximum absolute atomic E-state index is 12.1. The van der Waals surface area contributed by atoms with Crippen LogP contribution in [-0.2, 0) is 28.7 Å². The molecule has 2 amide bonds. The SMILES string of the molecule is CC(=O)N[C@@H](CCCCN)C(=O)N[C@H](C)C(=O)O[C@H](C)C(=O)O.CC(=O)O. The number of carbonyl (C=O) groups excluding carboxylic acids is 3.